The first-order valence-corrected chi connectivity index (χ1v) is 13.6. The SMILES string of the molecule is CCC(C)(C)n1nnnc1C(c1cc2cc(C)ccc2[nH]c1=O)N1CCN(Cc2ccc3c(c2)OCO3)CC1. The lowest BCUT2D eigenvalue weighted by Gasteiger charge is -2.39. The van der Waals surface area contributed by atoms with Crippen molar-refractivity contribution in [1.29, 1.82) is 0 Å². The van der Waals surface area contributed by atoms with Crippen LogP contribution in [0.3, 0.4) is 0 Å². The predicted octanol–water partition coefficient (Wildman–Crippen LogP) is 3.60. The van der Waals surface area contributed by atoms with E-state index in [1.807, 2.05) is 28.9 Å². The topological polar surface area (TPSA) is 101 Å². The normalized spacial score (nSPS) is 17.1. The first-order chi connectivity index (χ1) is 18.8. The Bertz CT molecular complexity index is 1550. The van der Waals surface area contributed by atoms with E-state index in [1.165, 1.54) is 5.56 Å². The number of pyridine rings is 1. The molecular weight excluding hydrogens is 494 g/mol. The van der Waals surface area contributed by atoms with Gasteiger partial charge in [0.15, 0.2) is 17.3 Å². The van der Waals surface area contributed by atoms with Crippen LogP contribution in [0.4, 0.5) is 0 Å². The van der Waals surface area contributed by atoms with Gasteiger partial charge in [0.25, 0.3) is 5.56 Å². The van der Waals surface area contributed by atoms with Gasteiger partial charge in [0.2, 0.25) is 6.79 Å². The van der Waals surface area contributed by atoms with Crippen molar-refractivity contribution < 1.29 is 9.47 Å². The van der Waals surface area contributed by atoms with Gasteiger partial charge < -0.3 is 14.5 Å². The zero-order chi connectivity index (χ0) is 27.1. The summed E-state index contributed by atoms with van der Waals surface area (Å²) in [5, 5.41) is 14.0. The van der Waals surface area contributed by atoms with Gasteiger partial charge in [-0.3, -0.25) is 14.6 Å². The van der Waals surface area contributed by atoms with E-state index in [0.717, 1.165) is 67.1 Å². The van der Waals surface area contributed by atoms with Crippen LogP contribution in [0, 0.1) is 6.92 Å². The first kappa shape index (κ1) is 25.5. The molecule has 1 N–H and O–H groups in total. The number of nitrogens with zero attached hydrogens (tertiary/aromatic N) is 6. The van der Waals surface area contributed by atoms with Crippen LogP contribution in [0.1, 0.15) is 55.7 Å². The molecule has 2 aromatic carbocycles. The smallest absolute Gasteiger partial charge is 0.253 e. The van der Waals surface area contributed by atoms with Crippen LogP contribution in [0.2, 0.25) is 0 Å². The van der Waals surface area contributed by atoms with E-state index < -0.39 is 0 Å². The van der Waals surface area contributed by atoms with Gasteiger partial charge in [-0.15, -0.1) is 5.10 Å². The Morgan fingerprint density at radius 1 is 1.03 bits per heavy atom. The van der Waals surface area contributed by atoms with Crippen molar-refractivity contribution >= 4 is 10.9 Å². The fourth-order valence-corrected chi connectivity index (χ4v) is 5.47. The molecule has 2 aliphatic heterocycles. The summed E-state index contributed by atoms with van der Waals surface area (Å²) in [5.74, 6) is 2.31. The lowest BCUT2D eigenvalue weighted by Crippen LogP contribution is -2.49. The van der Waals surface area contributed by atoms with Crippen LogP contribution in [0.5, 0.6) is 11.5 Å². The molecule has 39 heavy (non-hydrogen) atoms. The molecular formula is C29H35N7O3. The average Bonchev–Trinajstić information content (AvgIpc) is 3.60. The largest absolute Gasteiger partial charge is 0.454 e. The fraction of sp³-hybridized carbons (Fsp3) is 0.448. The molecule has 2 aliphatic rings. The van der Waals surface area contributed by atoms with Gasteiger partial charge in [-0.05, 0) is 78.9 Å². The van der Waals surface area contributed by atoms with Crippen molar-refractivity contribution in [2.75, 3.05) is 33.0 Å². The van der Waals surface area contributed by atoms with E-state index in [4.69, 9.17) is 9.47 Å². The van der Waals surface area contributed by atoms with E-state index in [1.54, 1.807) is 0 Å². The summed E-state index contributed by atoms with van der Waals surface area (Å²) in [6, 6.07) is 13.9. The Labute approximate surface area is 227 Å². The van der Waals surface area contributed by atoms with Gasteiger partial charge in [-0.25, -0.2) is 4.68 Å². The van der Waals surface area contributed by atoms with Gasteiger partial charge in [0.05, 0.1) is 5.54 Å². The second-order valence-electron chi connectivity index (χ2n) is 11.2. The molecule has 0 radical (unpaired) electrons. The molecule has 10 heteroatoms. The van der Waals surface area contributed by atoms with Crippen molar-refractivity contribution in [2.24, 2.45) is 0 Å². The molecule has 1 saturated heterocycles. The number of benzene rings is 2. The highest BCUT2D eigenvalue weighted by Crippen LogP contribution is 2.34. The summed E-state index contributed by atoms with van der Waals surface area (Å²) in [4.78, 5) is 21.4. The minimum atomic E-state index is -0.368. The van der Waals surface area contributed by atoms with Crippen LogP contribution in [-0.2, 0) is 12.1 Å². The highest BCUT2D eigenvalue weighted by molar-refractivity contribution is 5.79. The number of ether oxygens (including phenoxy) is 2. The van der Waals surface area contributed by atoms with Gasteiger partial charge in [0, 0.05) is 43.8 Å². The van der Waals surface area contributed by atoms with E-state index in [2.05, 4.69) is 76.2 Å². The van der Waals surface area contributed by atoms with E-state index >= 15 is 0 Å². The molecule has 2 aromatic heterocycles. The van der Waals surface area contributed by atoms with E-state index in [-0.39, 0.29) is 23.9 Å². The minimum Gasteiger partial charge on any atom is -0.454 e. The van der Waals surface area contributed by atoms with Crippen LogP contribution >= 0.6 is 0 Å². The van der Waals surface area contributed by atoms with Gasteiger partial charge in [0.1, 0.15) is 6.04 Å². The van der Waals surface area contributed by atoms with Crippen molar-refractivity contribution in [3.05, 3.63) is 75.3 Å². The molecule has 204 valence electrons. The number of tetrazole rings is 1. The van der Waals surface area contributed by atoms with Crippen LogP contribution < -0.4 is 15.0 Å². The molecule has 0 bridgehead atoms. The maximum Gasteiger partial charge on any atom is 0.253 e. The molecule has 10 nitrogen and oxygen atoms in total. The Hall–Kier alpha value is -3.76. The van der Waals surface area contributed by atoms with E-state index in [9.17, 15) is 4.79 Å². The van der Waals surface area contributed by atoms with E-state index in [0.29, 0.717) is 11.4 Å². The second-order valence-corrected chi connectivity index (χ2v) is 11.2. The number of fused-ring (bicyclic) bond motifs is 2. The molecule has 0 saturated carbocycles. The lowest BCUT2D eigenvalue weighted by atomic mass is 9.98. The molecule has 0 aliphatic carbocycles. The van der Waals surface area contributed by atoms with Gasteiger partial charge >= 0.3 is 0 Å². The molecule has 6 rings (SSSR count). The number of H-pyrrole nitrogens is 1. The summed E-state index contributed by atoms with van der Waals surface area (Å²) in [7, 11) is 0. The van der Waals surface area contributed by atoms with Crippen LogP contribution in [0.25, 0.3) is 10.9 Å². The van der Waals surface area contributed by atoms with Gasteiger partial charge in [-0.1, -0.05) is 24.6 Å². The Balaban J connectivity index is 1.32. The zero-order valence-electron chi connectivity index (χ0n) is 23.0. The molecule has 0 spiro atoms. The monoisotopic (exact) mass is 529 g/mol. The van der Waals surface area contributed by atoms with Crippen molar-refractivity contribution in [3.8, 4) is 11.5 Å². The number of aryl methyl sites for hydroxylation is 1. The third-order valence-electron chi connectivity index (χ3n) is 8.12. The number of nitrogens with one attached hydrogen (secondary N) is 1. The number of rotatable bonds is 7. The molecule has 4 aromatic rings. The molecule has 1 fully saturated rings. The molecule has 1 unspecified atom stereocenters. The minimum absolute atomic E-state index is 0.108. The third-order valence-corrected chi connectivity index (χ3v) is 8.12. The van der Waals surface area contributed by atoms with Crippen molar-refractivity contribution in [3.63, 3.8) is 0 Å². The summed E-state index contributed by atoms with van der Waals surface area (Å²) in [6.07, 6.45) is 0.855. The number of hydrogen-bond acceptors (Lipinski definition) is 8. The highest BCUT2D eigenvalue weighted by Gasteiger charge is 2.35. The second kappa shape index (κ2) is 10.1. The van der Waals surface area contributed by atoms with Crippen LogP contribution in [-0.4, -0.2) is 68.0 Å². The first-order valence-electron chi connectivity index (χ1n) is 13.6. The number of piperazine rings is 1. The summed E-state index contributed by atoms with van der Waals surface area (Å²) >= 11 is 0. The summed E-state index contributed by atoms with van der Waals surface area (Å²) in [5.41, 5.74) is 3.43. The average molecular weight is 530 g/mol. The standard InChI is InChI=1S/C29H35N7O3/c1-5-29(3,4)36-27(31-32-33-36)26(22-16-21-14-19(2)6-8-23(21)30-28(22)37)35-12-10-34(11-13-35)17-20-7-9-24-25(15-20)39-18-38-24/h6-9,14-16,26H,5,10-13,17-18H2,1-4H3,(H,30,37). The number of hydrogen-bond donors (Lipinski definition) is 1. The highest BCUT2D eigenvalue weighted by atomic mass is 16.7. The summed E-state index contributed by atoms with van der Waals surface area (Å²) in [6.45, 7) is 12.8. The maximum atomic E-state index is 13.5. The number of aromatic nitrogens is 5. The molecule has 4 heterocycles. The molecule has 0 amide bonds. The Kier molecular flexibility index (Phi) is 6.60. The Morgan fingerprint density at radius 2 is 1.82 bits per heavy atom. The predicted molar refractivity (Wildman–Crippen MR) is 148 cm³/mol. The zero-order valence-corrected chi connectivity index (χ0v) is 23.0. The third kappa shape index (κ3) is 4.90. The van der Waals surface area contributed by atoms with Crippen LogP contribution in [0.15, 0.2) is 47.3 Å². The van der Waals surface area contributed by atoms with Crippen molar-refractivity contribution in [2.45, 2.75) is 52.2 Å². The Morgan fingerprint density at radius 3 is 2.62 bits per heavy atom. The maximum absolute atomic E-state index is 13.5. The molecule has 1 atom stereocenters. The fourth-order valence-electron chi connectivity index (χ4n) is 5.47. The summed E-state index contributed by atoms with van der Waals surface area (Å²) < 4.78 is 12.9. The lowest BCUT2D eigenvalue weighted by molar-refractivity contribution is 0.0968. The van der Waals surface area contributed by atoms with Crippen molar-refractivity contribution in [1.82, 2.24) is 35.0 Å². The quantitative estimate of drug-likeness (QED) is 0.388. The number of aromatic amines is 1. The van der Waals surface area contributed by atoms with Gasteiger partial charge in [-0.2, -0.15) is 0 Å².